The summed E-state index contributed by atoms with van der Waals surface area (Å²) in [6.45, 7) is 1.94. The van der Waals surface area contributed by atoms with Crippen LogP contribution in [-0.2, 0) is 0 Å². The Kier molecular flexibility index (Phi) is 5.45. The third-order valence-electron chi connectivity index (χ3n) is 4.86. The number of nitrogens with zero attached hydrogens (tertiary/aromatic N) is 2. The highest BCUT2D eigenvalue weighted by molar-refractivity contribution is 14.1. The van der Waals surface area contributed by atoms with Gasteiger partial charge in [0.05, 0.1) is 17.1 Å². The quantitative estimate of drug-likeness (QED) is 0.389. The van der Waals surface area contributed by atoms with E-state index < -0.39 is 5.82 Å². The minimum Gasteiger partial charge on any atom is -0.305 e. The average Bonchev–Trinajstić information content (AvgIpc) is 2.70. The number of hydrogen-bond donors (Lipinski definition) is 0. The Labute approximate surface area is 181 Å². The molecule has 146 valence electrons. The Morgan fingerprint density at radius 2 is 1.66 bits per heavy atom. The van der Waals surface area contributed by atoms with Gasteiger partial charge in [-0.2, -0.15) is 0 Å². The maximum absolute atomic E-state index is 14.0. The molecule has 1 unspecified atom stereocenters. The van der Waals surface area contributed by atoms with Gasteiger partial charge in [0, 0.05) is 27.2 Å². The molecule has 0 fully saturated rings. The molecule has 29 heavy (non-hydrogen) atoms. The fraction of sp³-hybridized carbons (Fsp3) is 0.130. The Morgan fingerprint density at radius 1 is 1.00 bits per heavy atom. The molecule has 0 radical (unpaired) electrons. The van der Waals surface area contributed by atoms with Gasteiger partial charge in [-0.3, -0.25) is 9.79 Å². The highest BCUT2D eigenvalue weighted by atomic mass is 127. The number of amides is 1. The zero-order chi connectivity index (χ0) is 20.5. The summed E-state index contributed by atoms with van der Waals surface area (Å²) in [5.41, 5.74) is 3.03. The van der Waals surface area contributed by atoms with E-state index in [4.69, 9.17) is 0 Å². The third kappa shape index (κ3) is 4.07. The maximum Gasteiger partial charge on any atom is 0.258 e. The number of halogens is 3. The molecule has 0 saturated carbocycles. The van der Waals surface area contributed by atoms with Crippen molar-refractivity contribution >= 4 is 45.6 Å². The van der Waals surface area contributed by atoms with Crippen LogP contribution in [0.15, 0.2) is 71.7 Å². The number of aliphatic imine (C=N–C) groups is 1. The summed E-state index contributed by atoms with van der Waals surface area (Å²) in [6.07, 6.45) is 0.462. The molecule has 3 nitrogen and oxygen atoms in total. The van der Waals surface area contributed by atoms with Crippen molar-refractivity contribution in [2.45, 2.75) is 19.4 Å². The molecule has 4 rings (SSSR count). The SMILES string of the molecule is CC1CC(=Nc2ccc(F)cc2)c2cc(F)ccc2N1C(=O)c1ccc(I)cc1. The van der Waals surface area contributed by atoms with E-state index in [2.05, 4.69) is 27.6 Å². The number of hydrogen-bond acceptors (Lipinski definition) is 2. The fourth-order valence-corrected chi connectivity index (χ4v) is 3.85. The van der Waals surface area contributed by atoms with Crippen LogP contribution in [0.4, 0.5) is 20.2 Å². The molecular weight excluding hydrogens is 485 g/mol. The van der Waals surface area contributed by atoms with E-state index in [1.807, 2.05) is 19.1 Å². The van der Waals surface area contributed by atoms with Crippen LogP contribution >= 0.6 is 22.6 Å². The van der Waals surface area contributed by atoms with Crippen molar-refractivity contribution in [2.75, 3.05) is 4.90 Å². The smallest absolute Gasteiger partial charge is 0.258 e. The number of carbonyl (C=O) groups excluding carboxylic acids is 1. The second-order valence-corrected chi connectivity index (χ2v) is 8.18. The van der Waals surface area contributed by atoms with Crippen molar-refractivity contribution in [1.82, 2.24) is 0 Å². The lowest BCUT2D eigenvalue weighted by molar-refractivity contribution is 0.0978. The first-order chi connectivity index (χ1) is 13.9. The van der Waals surface area contributed by atoms with Gasteiger partial charge in [0.2, 0.25) is 0 Å². The Bertz CT molecular complexity index is 1090. The summed E-state index contributed by atoms with van der Waals surface area (Å²) in [4.78, 5) is 19.5. The van der Waals surface area contributed by atoms with E-state index in [9.17, 15) is 13.6 Å². The first-order valence-electron chi connectivity index (χ1n) is 9.14. The average molecular weight is 502 g/mol. The molecule has 3 aromatic carbocycles. The van der Waals surface area contributed by atoms with Crippen LogP contribution < -0.4 is 4.90 Å². The van der Waals surface area contributed by atoms with E-state index in [1.54, 1.807) is 35.2 Å². The second-order valence-electron chi connectivity index (χ2n) is 6.93. The summed E-state index contributed by atoms with van der Waals surface area (Å²) < 4.78 is 28.3. The molecule has 1 atom stereocenters. The van der Waals surface area contributed by atoms with Crippen molar-refractivity contribution in [3.05, 3.63) is 93.1 Å². The highest BCUT2D eigenvalue weighted by Gasteiger charge is 2.32. The van der Waals surface area contributed by atoms with Gasteiger partial charge in [-0.05, 0) is 96.2 Å². The summed E-state index contributed by atoms with van der Waals surface area (Å²) in [5.74, 6) is -0.874. The van der Waals surface area contributed by atoms with Crippen LogP contribution in [0.1, 0.15) is 29.3 Å². The monoisotopic (exact) mass is 502 g/mol. The van der Waals surface area contributed by atoms with Gasteiger partial charge in [0.15, 0.2) is 0 Å². The van der Waals surface area contributed by atoms with Crippen LogP contribution in [0.2, 0.25) is 0 Å². The molecule has 1 heterocycles. The first-order valence-corrected chi connectivity index (χ1v) is 10.2. The molecule has 0 bridgehead atoms. The van der Waals surface area contributed by atoms with E-state index in [-0.39, 0.29) is 17.8 Å². The number of carbonyl (C=O) groups is 1. The maximum atomic E-state index is 14.0. The number of rotatable bonds is 2. The van der Waals surface area contributed by atoms with Crippen molar-refractivity contribution in [2.24, 2.45) is 4.99 Å². The van der Waals surface area contributed by atoms with Gasteiger partial charge in [-0.1, -0.05) is 0 Å². The molecule has 1 aliphatic heterocycles. The van der Waals surface area contributed by atoms with E-state index in [0.717, 1.165) is 3.57 Å². The van der Waals surface area contributed by atoms with Gasteiger partial charge in [-0.15, -0.1) is 0 Å². The Balaban J connectivity index is 1.78. The van der Waals surface area contributed by atoms with Crippen molar-refractivity contribution in [1.29, 1.82) is 0 Å². The van der Waals surface area contributed by atoms with Crippen LogP contribution in [0.5, 0.6) is 0 Å². The number of benzene rings is 3. The predicted molar refractivity (Wildman–Crippen MR) is 119 cm³/mol. The summed E-state index contributed by atoms with van der Waals surface area (Å²) in [7, 11) is 0. The largest absolute Gasteiger partial charge is 0.305 e. The molecule has 0 saturated heterocycles. The molecule has 0 aromatic heterocycles. The van der Waals surface area contributed by atoms with E-state index in [0.29, 0.717) is 34.6 Å². The molecule has 1 amide bonds. The van der Waals surface area contributed by atoms with E-state index in [1.165, 1.54) is 24.3 Å². The van der Waals surface area contributed by atoms with Crippen molar-refractivity contribution in [3.63, 3.8) is 0 Å². The van der Waals surface area contributed by atoms with E-state index >= 15 is 0 Å². The minimum absolute atomic E-state index is 0.136. The van der Waals surface area contributed by atoms with Gasteiger partial charge < -0.3 is 4.90 Å². The van der Waals surface area contributed by atoms with Crippen LogP contribution in [0.3, 0.4) is 0 Å². The standard InChI is InChI=1S/C23H17F2IN2O/c1-14-12-21(27-19-9-4-16(24)5-10-19)20-13-17(25)6-11-22(20)28(14)23(29)15-2-7-18(26)8-3-15/h2-11,13-14H,12H2,1H3. The Morgan fingerprint density at radius 3 is 2.34 bits per heavy atom. The van der Waals surface area contributed by atoms with Gasteiger partial charge in [-0.25, -0.2) is 8.78 Å². The van der Waals surface area contributed by atoms with Gasteiger partial charge in [0.25, 0.3) is 5.91 Å². The predicted octanol–water partition coefficient (Wildman–Crippen LogP) is 6.13. The fourth-order valence-electron chi connectivity index (χ4n) is 3.49. The third-order valence-corrected chi connectivity index (χ3v) is 5.58. The molecule has 0 spiro atoms. The number of anilines is 1. The van der Waals surface area contributed by atoms with Crippen LogP contribution in [0, 0.1) is 15.2 Å². The molecule has 1 aliphatic rings. The highest BCUT2D eigenvalue weighted by Crippen LogP contribution is 2.34. The lowest BCUT2D eigenvalue weighted by atomic mass is 9.93. The molecule has 6 heteroatoms. The second kappa shape index (κ2) is 8.02. The lowest BCUT2D eigenvalue weighted by Crippen LogP contribution is -2.44. The molecule has 0 N–H and O–H groups in total. The van der Waals surface area contributed by atoms with Crippen molar-refractivity contribution in [3.8, 4) is 0 Å². The van der Waals surface area contributed by atoms with Crippen LogP contribution in [-0.4, -0.2) is 17.7 Å². The van der Waals surface area contributed by atoms with Gasteiger partial charge in [0.1, 0.15) is 11.6 Å². The zero-order valence-corrected chi connectivity index (χ0v) is 17.7. The molecule has 3 aromatic rings. The minimum atomic E-state index is -0.397. The zero-order valence-electron chi connectivity index (χ0n) is 15.6. The summed E-state index contributed by atoms with van der Waals surface area (Å²) >= 11 is 2.19. The summed E-state index contributed by atoms with van der Waals surface area (Å²) in [5, 5.41) is 0. The summed E-state index contributed by atoms with van der Waals surface area (Å²) in [6, 6.07) is 17.4. The first kappa shape index (κ1) is 19.7. The Hall–Kier alpha value is -2.61. The van der Waals surface area contributed by atoms with Crippen molar-refractivity contribution < 1.29 is 13.6 Å². The molecular formula is C23H17F2IN2O. The topological polar surface area (TPSA) is 32.7 Å². The molecule has 0 aliphatic carbocycles. The lowest BCUT2D eigenvalue weighted by Gasteiger charge is -2.36. The number of fused-ring (bicyclic) bond motifs is 1. The van der Waals surface area contributed by atoms with Crippen LogP contribution in [0.25, 0.3) is 0 Å². The van der Waals surface area contributed by atoms with Gasteiger partial charge >= 0.3 is 0 Å². The normalized spacial score (nSPS) is 17.3.